The molecule has 0 unspecified atom stereocenters. The minimum Gasteiger partial charge on any atom is -0.356 e. The van der Waals surface area contributed by atoms with Crippen molar-refractivity contribution in [1.29, 1.82) is 0 Å². The van der Waals surface area contributed by atoms with Gasteiger partial charge in [0.2, 0.25) is 5.91 Å². The van der Waals surface area contributed by atoms with Crippen LogP contribution in [0.4, 0.5) is 0 Å². The van der Waals surface area contributed by atoms with Crippen molar-refractivity contribution in [2.24, 2.45) is 5.92 Å². The second-order valence-electron chi connectivity index (χ2n) is 4.97. The largest absolute Gasteiger partial charge is 0.356 e. The highest BCUT2D eigenvalue weighted by molar-refractivity contribution is 5.85. The van der Waals surface area contributed by atoms with E-state index in [0.717, 1.165) is 18.5 Å². The molecule has 1 fully saturated rings. The average molecular weight is 292 g/mol. The first kappa shape index (κ1) is 14.6. The van der Waals surface area contributed by atoms with E-state index in [4.69, 9.17) is 0 Å². The van der Waals surface area contributed by atoms with Gasteiger partial charge in [-0.1, -0.05) is 30.3 Å². The zero-order valence-electron chi connectivity index (χ0n) is 11.1. The van der Waals surface area contributed by atoms with Gasteiger partial charge in [0, 0.05) is 24.6 Å². The van der Waals surface area contributed by atoms with Gasteiger partial charge in [0.25, 0.3) is 0 Å². The lowest BCUT2D eigenvalue weighted by Gasteiger charge is -2.04. The third kappa shape index (κ3) is 3.39. The lowest BCUT2D eigenvalue weighted by atomic mass is 10.1. The third-order valence-corrected chi connectivity index (χ3v) is 3.58. The monoisotopic (exact) mass is 291 g/mol. The van der Waals surface area contributed by atoms with Gasteiger partial charge >= 0.3 is 0 Å². The van der Waals surface area contributed by atoms with E-state index >= 15 is 0 Å². The van der Waals surface area contributed by atoms with Crippen molar-refractivity contribution in [1.82, 2.24) is 15.3 Å². The molecule has 4 nitrogen and oxygen atoms in total. The average Bonchev–Trinajstić information content (AvgIpc) is 3.06. The number of hydrogen-bond acceptors (Lipinski definition) is 2. The normalized spacial score (nSPS) is 20.0. The smallest absolute Gasteiger partial charge is 0.223 e. The van der Waals surface area contributed by atoms with E-state index in [0.29, 0.717) is 12.5 Å². The minimum atomic E-state index is 0. The SMILES string of the molecule is Cl.O=C(NCCc1ccccc1)[C@H]1C[C@@H]1c1c[nH]cn1. The van der Waals surface area contributed by atoms with Crippen molar-refractivity contribution < 1.29 is 4.79 Å². The molecule has 106 valence electrons. The second kappa shape index (κ2) is 6.57. The molecule has 1 aliphatic carbocycles. The van der Waals surface area contributed by atoms with Crippen LogP contribution in [-0.4, -0.2) is 22.4 Å². The predicted octanol–water partition coefficient (Wildman–Crippen LogP) is 2.29. The first-order valence-corrected chi connectivity index (χ1v) is 6.65. The van der Waals surface area contributed by atoms with Gasteiger partial charge in [0.15, 0.2) is 0 Å². The summed E-state index contributed by atoms with van der Waals surface area (Å²) in [5, 5.41) is 3.01. The fourth-order valence-electron chi connectivity index (χ4n) is 2.39. The van der Waals surface area contributed by atoms with Crippen LogP contribution in [0.1, 0.15) is 23.6 Å². The molecule has 5 heteroatoms. The number of H-pyrrole nitrogens is 1. The molecular weight excluding hydrogens is 274 g/mol. The van der Waals surface area contributed by atoms with Crippen LogP contribution in [0.2, 0.25) is 0 Å². The van der Waals surface area contributed by atoms with E-state index in [2.05, 4.69) is 27.4 Å². The summed E-state index contributed by atoms with van der Waals surface area (Å²) in [4.78, 5) is 19.1. The number of aromatic nitrogens is 2. The van der Waals surface area contributed by atoms with Crippen molar-refractivity contribution in [3.8, 4) is 0 Å². The van der Waals surface area contributed by atoms with Gasteiger partial charge in [-0.25, -0.2) is 4.98 Å². The number of carbonyl (C=O) groups excluding carboxylic acids is 1. The lowest BCUT2D eigenvalue weighted by molar-refractivity contribution is -0.122. The van der Waals surface area contributed by atoms with Gasteiger partial charge in [-0.05, 0) is 18.4 Å². The van der Waals surface area contributed by atoms with Crippen LogP contribution in [0, 0.1) is 5.92 Å². The number of benzene rings is 1. The summed E-state index contributed by atoms with van der Waals surface area (Å²) >= 11 is 0. The third-order valence-electron chi connectivity index (χ3n) is 3.58. The Morgan fingerprint density at radius 1 is 1.35 bits per heavy atom. The van der Waals surface area contributed by atoms with E-state index in [1.165, 1.54) is 5.56 Å². The number of carbonyl (C=O) groups is 1. The Hall–Kier alpha value is -1.81. The molecule has 0 bridgehead atoms. The molecule has 2 N–H and O–H groups in total. The van der Waals surface area contributed by atoms with Crippen LogP contribution in [0.3, 0.4) is 0 Å². The molecule has 1 heterocycles. The van der Waals surface area contributed by atoms with Crippen LogP contribution < -0.4 is 5.32 Å². The number of halogens is 1. The Kier molecular flexibility index (Phi) is 4.79. The molecular formula is C15H18ClN3O. The predicted molar refractivity (Wildman–Crippen MR) is 79.8 cm³/mol. The fourth-order valence-corrected chi connectivity index (χ4v) is 2.39. The summed E-state index contributed by atoms with van der Waals surface area (Å²) in [5.74, 6) is 0.575. The Morgan fingerprint density at radius 3 is 2.85 bits per heavy atom. The first-order valence-electron chi connectivity index (χ1n) is 6.65. The van der Waals surface area contributed by atoms with Gasteiger partial charge < -0.3 is 10.3 Å². The molecule has 1 saturated carbocycles. The van der Waals surface area contributed by atoms with Crippen LogP contribution in [0.25, 0.3) is 0 Å². The van der Waals surface area contributed by atoms with Gasteiger partial charge in [-0.2, -0.15) is 0 Å². The van der Waals surface area contributed by atoms with Crippen molar-refractivity contribution >= 4 is 18.3 Å². The molecule has 0 radical (unpaired) electrons. The highest BCUT2D eigenvalue weighted by Gasteiger charge is 2.44. The van der Waals surface area contributed by atoms with Crippen LogP contribution in [-0.2, 0) is 11.2 Å². The molecule has 1 aliphatic rings. The Bertz CT molecular complexity index is 542. The number of imidazole rings is 1. The lowest BCUT2D eigenvalue weighted by Crippen LogP contribution is -2.27. The minimum absolute atomic E-state index is 0. The Balaban J connectivity index is 0.00000147. The number of rotatable bonds is 5. The summed E-state index contributed by atoms with van der Waals surface area (Å²) < 4.78 is 0. The van der Waals surface area contributed by atoms with Gasteiger partial charge in [-0.15, -0.1) is 12.4 Å². The van der Waals surface area contributed by atoms with Crippen LogP contribution in [0.15, 0.2) is 42.9 Å². The maximum Gasteiger partial charge on any atom is 0.223 e. The maximum absolute atomic E-state index is 12.0. The van der Waals surface area contributed by atoms with Gasteiger partial charge in [0.05, 0.1) is 12.0 Å². The molecule has 0 saturated heterocycles. The van der Waals surface area contributed by atoms with E-state index in [9.17, 15) is 4.79 Å². The highest BCUT2D eigenvalue weighted by Crippen LogP contribution is 2.46. The fraction of sp³-hybridized carbons (Fsp3) is 0.333. The van der Waals surface area contributed by atoms with E-state index in [1.807, 2.05) is 24.4 Å². The standard InChI is InChI=1S/C15H17N3O.ClH/c19-15(13-8-12(13)14-9-16-10-18-14)17-7-6-11-4-2-1-3-5-11;/h1-5,9-10,12-13H,6-8H2,(H,16,18)(H,17,19);1H/t12-,13-;/m0./s1. The summed E-state index contributed by atoms with van der Waals surface area (Å²) in [5.41, 5.74) is 2.26. The Labute approximate surface area is 124 Å². The van der Waals surface area contributed by atoms with Crippen molar-refractivity contribution in [2.45, 2.75) is 18.8 Å². The van der Waals surface area contributed by atoms with Gasteiger partial charge in [0.1, 0.15) is 0 Å². The number of amides is 1. The number of nitrogens with one attached hydrogen (secondary N) is 2. The molecule has 2 aromatic rings. The number of nitrogens with zero attached hydrogens (tertiary/aromatic N) is 1. The van der Waals surface area contributed by atoms with Crippen molar-refractivity contribution in [2.75, 3.05) is 6.54 Å². The van der Waals surface area contributed by atoms with E-state index in [-0.39, 0.29) is 24.2 Å². The highest BCUT2D eigenvalue weighted by atomic mass is 35.5. The van der Waals surface area contributed by atoms with E-state index in [1.54, 1.807) is 6.33 Å². The number of hydrogen-bond donors (Lipinski definition) is 2. The molecule has 1 aromatic heterocycles. The molecule has 2 atom stereocenters. The quantitative estimate of drug-likeness (QED) is 0.888. The Morgan fingerprint density at radius 2 is 2.15 bits per heavy atom. The summed E-state index contributed by atoms with van der Waals surface area (Å²) in [6.07, 6.45) is 5.34. The molecule has 1 aromatic carbocycles. The zero-order valence-corrected chi connectivity index (χ0v) is 11.9. The van der Waals surface area contributed by atoms with Crippen LogP contribution >= 0.6 is 12.4 Å². The summed E-state index contributed by atoms with van der Waals surface area (Å²) in [6.45, 7) is 0.701. The summed E-state index contributed by atoms with van der Waals surface area (Å²) in [6, 6.07) is 10.2. The first-order chi connectivity index (χ1) is 9.34. The number of aromatic amines is 1. The molecule has 20 heavy (non-hydrogen) atoms. The van der Waals surface area contributed by atoms with Crippen LogP contribution in [0.5, 0.6) is 0 Å². The van der Waals surface area contributed by atoms with Crippen molar-refractivity contribution in [3.63, 3.8) is 0 Å². The zero-order chi connectivity index (χ0) is 13.1. The maximum atomic E-state index is 12.0. The van der Waals surface area contributed by atoms with E-state index < -0.39 is 0 Å². The molecule has 0 spiro atoms. The molecule has 3 rings (SSSR count). The van der Waals surface area contributed by atoms with Gasteiger partial charge in [-0.3, -0.25) is 4.79 Å². The second-order valence-corrected chi connectivity index (χ2v) is 4.97. The summed E-state index contributed by atoms with van der Waals surface area (Å²) in [7, 11) is 0. The topological polar surface area (TPSA) is 57.8 Å². The van der Waals surface area contributed by atoms with Crippen molar-refractivity contribution in [3.05, 3.63) is 54.1 Å². The molecule has 1 amide bonds. The molecule has 0 aliphatic heterocycles.